The maximum Gasteiger partial charge on any atom is 0.138 e. The van der Waals surface area contributed by atoms with Crippen molar-refractivity contribution in [2.45, 2.75) is 0 Å². The summed E-state index contributed by atoms with van der Waals surface area (Å²) in [7, 11) is 0. The Morgan fingerprint density at radius 1 is 0.235 bits per heavy atom. The van der Waals surface area contributed by atoms with Crippen LogP contribution < -0.4 is 0 Å². The normalized spacial score (nSPS) is 11.7. The molecule has 16 aromatic rings. The van der Waals surface area contributed by atoms with Crippen molar-refractivity contribution in [2.75, 3.05) is 0 Å². The van der Waals surface area contributed by atoms with E-state index in [1.54, 1.807) is 0 Å². The van der Waals surface area contributed by atoms with Crippen molar-refractivity contribution in [3.05, 3.63) is 297 Å². The molecule has 16 rings (SSSR count). The summed E-state index contributed by atoms with van der Waals surface area (Å²) in [5.41, 5.74) is 23.2. The Morgan fingerprint density at radius 3 is 1.17 bits per heavy atom. The molecule has 4 heteroatoms. The summed E-state index contributed by atoms with van der Waals surface area (Å²) in [5, 5.41) is 6.87. The molecule has 0 radical (unpaired) electrons. The first-order valence-electron chi connectivity index (χ1n) is 27.7. The number of rotatable bonds is 9. The van der Waals surface area contributed by atoms with E-state index in [4.69, 9.17) is 9.40 Å². The first-order valence-corrected chi connectivity index (χ1v) is 27.7. The molecule has 4 nitrogen and oxygen atoms in total. The zero-order chi connectivity index (χ0) is 53.4. The minimum Gasteiger partial charge on any atom is -0.456 e. The largest absolute Gasteiger partial charge is 0.456 e. The van der Waals surface area contributed by atoms with Gasteiger partial charge in [0, 0.05) is 43.6 Å². The molecular formula is C77H49N3O. The fraction of sp³-hybridized carbons (Fsp3) is 0. The molecule has 81 heavy (non-hydrogen) atoms. The van der Waals surface area contributed by atoms with E-state index < -0.39 is 0 Å². The van der Waals surface area contributed by atoms with Gasteiger partial charge in [-0.1, -0.05) is 206 Å². The minimum atomic E-state index is 0.846. The van der Waals surface area contributed by atoms with Crippen LogP contribution in [-0.4, -0.2) is 14.1 Å². The summed E-state index contributed by atoms with van der Waals surface area (Å²) in [6.45, 7) is 0. The van der Waals surface area contributed by atoms with E-state index in [0.29, 0.717) is 0 Å². The maximum absolute atomic E-state index is 6.25. The quantitative estimate of drug-likeness (QED) is 0.144. The highest BCUT2D eigenvalue weighted by Gasteiger charge is 2.24. The van der Waals surface area contributed by atoms with Gasteiger partial charge in [-0.15, -0.1) is 0 Å². The molecule has 4 aromatic heterocycles. The van der Waals surface area contributed by atoms with Gasteiger partial charge in [-0.25, -0.2) is 4.98 Å². The maximum atomic E-state index is 6.25. The number of para-hydroxylation sites is 1. The Balaban J connectivity index is 0.955. The monoisotopic (exact) mass is 1030 g/mol. The molecule has 0 N–H and O–H groups in total. The van der Waals surface area contributed by atoms with Crippen LogP contribution in [0.2, 0.25) is 0 Å². The van der Waals surface area contributed by atoms with Crippen LogP contribution in [0.4, 0.5) is 0 Å². The lowest BCUT2D eigenvalue weighted by Crippen LogP contribution is -1.99. The molecule has 0 fully saturated rings. The van der Waals surface area contributed by atoms with Crippen LogP contribution in [0.25, 0.3) is 155 Å². The third-order valence-corrected chi connectivity index (χ3v) is 16.3. The van der Waals surface area contributed by atoms with E-state index in [9.17, 15) is 0 Å². The third kappa shape index (κ3) is 7.95. The molecule has 378 valence electrons. The van der Waals surface area contributed by atoms with Gasteiger partial charge in [0.25, 0.3) is 0 Å². The van der Waals surface area contributed by atoms with Crippen molar-refractivity contribution in [2.24, 2.45) is 0 Å². The Bertz CT molecular complexity index is 4950. The van der Waals surface area contributed by atoms with Crippen molar-refractivity contribution in [1.29, 1.82) is 0 Å². The molecule has 0 saturated heterocycles. The van der Waals surface area contributed by atoms with Crippen molar-refractivity contribution in [3.63, 3.8) is 0 Å². The highest BCUT2D eigenvalue weighted by atomic mass is 16.3. The van der Waals surface area contributed by atoms with Gasteiger partial charge >= 0.3 is 0 Å². The molecule has 0 aliphatic carbocycles. The number of hydrogen-bond acceptors (Lipinski definition) is 2. The third-order valence-electron chi connectivity index (χ3n) is 16.3. The number of benzene rings is 12. The second-order valence-corrected chi connectivity index (χ2v) is 21.1. The van der Waals surface area contributed by atoms with Gasteiger partial charge in [0.15, 0.2) is 0 Å². The van der Waals surface area contributed by atoms with Crippen molar-refractivity contribution < 1.29 is 4.42 Å². The number of fused-ring (bicyclic) bond motifs is 10. The Labute approximate surface area is 468 Å². The predicted octanol–water partition coefficient (Wildman–Crippen LogP) is 20.8. The van der Waals surface area contributed by atoms with Crippen LogP contribution >= 0.6 is 0 Å². The molecule has 0 atom stereocenters. The molecule has 0 saturated carbocycles. The molecule has 12 aromatic carbocycles. The number of furan rings is 1. The average molecular weight is 1030 g/mol. The zero-order valence-corrected chi connectivity index (χ0v) is 44.0. The highest BCUT2D eigenvalue weighted by molar-refractivity contribution is 6.29. The molecule has 0 spiro atoms. The summed E-state index contributed by atoms with van der Waals surface area (Å²) in [4.78, 5) is 5.54. The van der Waals surface area contributed by atoms with E-state index in [1.807, 2.05) is 12.1 Å². The van der Waals surface area contributed by atoms with Crippen LogP contribution in [0.3, 0.4) is 0 Å². The van der Waals surface area contributed by atoms with E-state index in [2.05, 4.69) is 294 Å². The molecule has 0 amide bonds. The number of aromatic nitrogens is 3. The van der Waals surface area contributed by atoms with E-state index in [0.717, 1.165) is 106 Å². The number of pyridine rings is 1. The fourth-order valence-corrected chi connectivity index (χ4v) is 12.4. The lowest BCUT2D eigenvalue weighted by molar-refractivity contribution is 0.669. The molecule has 0 unspecified atom stereocenters. The summed E-state index contributed by atoms with van der Waals surface area (Å²) in [5.74, 6) is 0.846. The second-order valence-electron chi connectivity index (χ2n) is 21.1. The summed E-state index contributed by atoms with van der Waals surface area (Å²) in [6.07, 6.45) is 0. The Hall–Kier alpha value is -10.8. The van der Waals surface area contributed by atoms with Crippen molar-refractivity contribution in [3.8, 4) is 89.5 Å². The van der Waals surface area contributed by atoms with Gasteiger partial charge < -0.3 is 8.98 Å². The van der Waals surface area contributed by atoms with Gasteiger partial charge in [0.05, 0.1) is 27.8 Å². The predicted molar refractivity (Wildman–Crippen MR) is 338 cm³/mol. The van der Waals surface area contributed by atoms with Gasteiger partial charge in [-0.3, -0.25) is 4.57 Å². The van der Waals surface area contributed by atoms with E-state index >= 15 is 0 Å². The van der Waals surface area contributed by atoms with E-state index in [1.165, 1.54) is 49.5 Å². The lowest BCUT2D eigenvalue weighted by atomic mass is 9.95. The summed E-state index contributed by atoms with van der Waals surface area (Å²) >= 11 is 0. The number of nitrogens with zero attached hydrogens (tertiary/aromatic N) is 3. The van der Waals surface area contributed by atoms with E-state index in [-0.39, 0.29) is 0 Å². The Kier molecular flexibility index (Phi) is 10.8. The smallest absolute Gasteiger partial charge is 0.138 e. The first-order chi connectivity index (χ1) is 40.1. The molecular weight excluding hydrogens is 983 g/mol. The SMILES string of the molecule is c1ccc(-c2ccc(-c3cc(-c4ccc(-c5ccccc5)cc4)cc(-n4c5ccc(-c6ccccc6)cc5c5c6c7cc(-c8ccccc8)ccc7n(-c7cccc(-c8ccc9oc%10ccccc%10c9c8)n7)c6ccc54)c3)cc2)cc1. The second kappa shape index (κ2) is 19.0. The fourth-order valence-electron chi connectivity index (χ4n) is 12.4. The van der Waals surface area contributed by atoms with Crippen LogP contribution in [0.1, 0.15) is 0 Å². The van der Waals surface area contributed by atoms with Crippen molar-refractivity contribution in [1.82, 2.24) is 14.1 Å². The van der Waals surface area contributed by atoms with Gasteiger partial charge in [0.1, 0.15) is 17.0 Å². The lowest BCUT2D eigenvalue weighted by Gasteiger charge is -2.15. The van der Waals surface area contributed by atoms with Crippen molar-refractivity contribution >= 4 is 65.6 Å². The summed E-state index contributed by atoms with van der Waals surface area (Å²) < 4.78 is 11.1. The topological polar surface area (TPSA) is 35.9 Å². The minimum absolute atomic E-state index is 0.846. The van der Waals surface area contributed by atoms with Crippen LogP contribution in [-0.2, 0) is 0 Å². The molecule has 0 aliphatic heterocycles. The van der Waals surface area contributed by atoms with Crippen LogP contribution in [0.15, 0.2) is 302 Å². The highest BCUT2D eigenvalue weighted by Crippen LogP contribution is 2.46. The number of hydrogen-bond donors (Lipinski definition) is 0. The first kappa shape index (κ1) is 46.3. The standard InChI is InChI=1S/C77H49N3O/c1-5-16-50(17-6-1)54-28-32-56(33-29-54)61-44-62(57-34-30-55(31-35-57)51-18-7-2-8-19-51)46-63(45-61)79-69-39-36-58(52-20-9-3-10-21-52)47-66(69)76-71(79)41-42-72-77(76)67-48-59(53-22-11-4-12-23-53)37-40-70(67)80(72)75-27-15-25-68(78-75)60-38-43-74-65(49-60)64-24-13-14-26-73(64)81-74/h1-49H. The van der Waals surface area contributed by atoms with Crippen LogP contribution in [0, 0.1) is 0 Å². The van der Waals surface area contributed by atoms with Crippen LogP contribution in [0.5, 0.6) is 0 Å². The van der Waals surface area contributed by atoms with Gasteiger partial charge in [-0.2, -0.15) is 0 Å². The Morgan fingerprint density at radius 2 is 0.630 bits per heavy atom. The van der Waals surface area contributed by atoms with Gasteiger partial charge in [0.2, 0.25) is 0 Å². The molecule has 0 bridgehead atoms. The summed E-state index contributed by atoms with van der Waals surface area (Å²) in [6, 6.07) is 108. The average Bonchev–Trinajstić information content (AvgIpc) is 3.60. The molecule has 4 heterocycles. The van der Waals surface area contributed by atoms with Gasteiger partial charge in [-0.05, 0) is 158 Å². The molecule has 0 aliphatic rings. The zero-order valence-electron chi connectivity index (χ0n) is 44.0.